The molecule has 0 aliphatic rings. The SMILES string of the molecule is c1ccc2c(c1)ccc1ccc(-c3cc(-c4ccc5oc6ccccc6c5c4)cc(-c4ccc5oc6ccccc6c5c4)c3)cc12. The predicted molar refractivity (Wildman–Crippen MR) is 192 cm³/mol. The number of furan rings is 2. The number of rotatable bonds is 3. The first-order chi connectivity index (χ1) is 22.7. The fraction of sp³-hybridized carbons (Fsp3) is 0. The minimum atomic E-state index is 0.903. The Morgan fingerprint density at radius 3 is 1.20 bits per heavy atom. The van der Waals surface area contributed by atoms with Crippen LogP contribution in [0, 0.1) is 0 Å². The Kier molecular flexibility index (Phi) is 5.31. The summed E-state index contributed by atoms with van der Waals surface area (Å²) in [6, 6.07) is 56.5. The third-order valence-corrected chi connectivity index (χ3v) is 9.43. The Bertz CT molecular complexity index is 2680. The summed E-state index contributed by atoms with van der Waals surface area (Å²) in [5.41, 5.74) is 10.6. The van der Waals surface area contributed by atoms with E-state index in [4.69, 9.17) is 8.83 Å². The van der Waals surface area contributed by atoms with Crippen molar-refractivity contribution in [3.63, 3.8) is 0 Å². The Labute approximate surface area is 264 Å². The highest BCUT2D eigenvalue weighted by Crippen LogP contribution is 2.39. The van der Waals surface area contributed by atoms with Crippen LogP contribution in [0.1, 0.15) is 0 Å². The molecule has 0 fully saturated rings. The first-order valence-electron chi connectivity index (χ1n) is 15.7. The zero-order chi connectivity index (χ0) is 30.2. The number of hydrogen-bond donors (Lipinski definition) is 0. The Morgan fingerprint density at radius 2 is 0.630 bits per heavy atom. The van der Waals surface area contributed by atoms with Crippen molar-refractivity contribution < 1.29 is 8.83 Å². The minimum absolute atomic E-state index is 0.903. The van der Waals surface area contributed by atoms with Gasteiger partial charge in [0.1, 0.15) is 22.3 Å². The van der Waals surface area contributed by atoms with Crippen LogP contribution in [0.5, 0.6) is 0 Å². The van der Waals surface area contributed by atoms with Gasteiger partial charge in [0.05, 0.1) is 0 Å². The topological polar surface area (TPSA) is 26.3 Å². The molecule has 0 aliphatic heterocycles. The maximum atomic E-state index is 6.16. The second-order valence-electron chi connectivity index (χ2n) is 12.1. The normalized spacial score (nSPS) is 11.9. The quantitative estimate of drug-likeness (QED) is 0.193. The average Bonchev–Trinajstić information content (AvgIpc) is 3.69. The fourth-order valence-electron chi connectivity index (χ4n) is 7.12. The Hall–Kier alpha value is -6.12. The van der Waals surface area contributed by atoms with Crippen LogP contribution in [0.3, 0.4) is 0 Å². The van der Waals surface area contributed by atoms with Crippen molar-refractivity contribution in [2.45, 2.75) is 0 Å². The summed E-state index contributed by atoms with van der Waals surface area (Å²) >= 11 is 0. The maximum Gasteiger partial charge on any atom is 0.135 e. The van der Waals surface area contributed by atoms with Crippen molar-refractivity contribution in [3.8, 4) is 33.4 Å². The smallest absolute Gasteiger partial charge is 0.135 e. The van der Waals surface area contributed by atoms with Crippen LogP contribution >= 0.6 is 0 Å². The van der Waals surface area contributed by atoms with Gasteiger partial charge in [0.15, 0.2) is 0 Å². The lowest BCUT2D eigenvalue weighted by atomic mass is 9.91. The third kappa shape index (κ3) is 3.90. The van der Waals surface area contributed by atoms with Crippen LogP contribution in [0.4, 0.5) is 0 Å². The van der Waals surface area contributed by atoms with Crippen molar-refractivity contribution in [1.82, 2.24) is 0 Å². The van der Waals surface area contributed by atoms with Gasteiger partial charge in [-0.05, 0) is 116 Å². The van der Waals surface area contributed by atoms with Crippen LogP contribution in [-0.2, 0) is 0 Å². The lowest BCUT2D eigenvalue weighted by Crippen LogP contribution is -1.87. The molecule has 0 amide bonds. The van der Waals surface area contributed by atoms with E-state index in [1.807, 2.05) is 24.3 Å². The number of fused-ring (bicyclic) bond motifs is 9. The standard InChI is InChI=1S/C44H26O2/c1-2-8-35-27(7-1)13-14-28-15-16-29(24-38(28)35)32-21-33(30-17-19-43-39(25-30)36-9-3-5-11-41(36)45-43)23-34(22-32)31-18-20-44-40(26-31)37-10-4-6-12-42(37)46-44/h1-26H. The van der Waals surface area contributed by atoms with E-state index in [1.54, 1.807) is 0 Å². The van der Waals surface area contributed by atoms with Gasteiger partial charge in [-0.15, -0.1) is 0 Å². The van der Waals surface area contributed by atoms with E-state index in [0.717, 1.165) is 66.1 Å². The monoisotopic (exact) mass is 586 g/mol. The highest BCUT2D eigenvalue weighted by atomic mass is 16.3. The van der Waals surface area contributed by atoms with E-state index in [0.29, 0.717) is 0 Å². The second-order valence-corrected chi connectivity index (χ2v) is 12.1. The average molecular weight is 587 g/mol. The fourth-order valence-corrected chi connectivity index (χ4v) is 7.12. The van der Waals surface area contributed by atoms with Gasteiger partial charge in [-0.25, -0.2) is 0 Å². The van der Waals surface area contributed by atoms with E-state index >= 15 is 0 Å². The molecule has 8 aromatic carbocycles. The molecule has 0 spiro atoms. The van der Waals surface area contributed by atoms with Crippen molar-refractivity contribution in [2.24, 2.45) is 0 Å². The molecule has 10 rings (SSSR count). The van der Waals surface area contributed by atoms with Gasteiger partial charge < -0.3 is 8.83 Å². The molecule has 0 saturated carbocycles. The van der Waals surface area contributed by atoms with Crippen molar-refractivity contribution >= 4 is 65.4 Å². The molecule has 0 N–H and O–H groups in total. The van der Waals surface area contributed by atoms with Crippen LogP contribution < -0.4 is 0 Å². The summed E-state index contributed by atoms with van der Waals surface area (Å²) in [6.45, 7) is 0. The zero-order valence-electron chi connectivity index (χ0n) is 24.8. The molecule has 2 aromatic heterocycles. The summed E-state index contributed by atoms with van der Waals surface area (Å²) < 4.78 is 12.3. The van der Waals surface area contributed by atoms with Crippen molar-refractivity contribution in [1.29, 1.82) is 0 Å². The number of hydrogen-bond acceptors (Lipinski definition) is 2. The minimum Gasteiger partial charge on any atom is -0.456 e. The highest BCUT2D eigenvalue weighted by Gasteiger charge is 2.14. The maximum absolute atomic E-state index is 6.16. The molecular weight excluding hydrogens is 560 g/mol. The van der Waals surface area contributed by atoms with Crippen LogP contribution in [0.2, 0.25) is 0 Å². The molecule has 214 valence electrons. The molecule has 2 heterocycles. The molecule has 0 atom stereocenters. The van der Waals surface area contributed by atoms with E-state index in [-0.39, 0.29) is 0 Å². The first-order valence-corrected chi connectivity index (χ1v) is 15.7. The lowest BCUT2D eigenvalue weighted by Gasteiger charge is -2.13. The predicted octanol–water partition coefficient (Wildman–Crippen LogP) is 12.8. The molecule has 0 bridgehead atoms. The summed E-state index contributed by atoms with van der Waals surface area (Å²) in [6.07, 6.45) is 0. The van der Waals surface area contributed by atoms with Crippen molar-refractivity contribution in [3.05, 3.63) is 158 Å². The lowest BCUT2D eigenvalue weighted by molar-refractivity contribution is 0.668. The van der Waals surface area contributed by atoms with Gasteiger partial charge in [-0.1, -0.05) is 97.1 Å². The van der Waals surface area contributed by atoms with Gasteiger partial charge in [0.25, 0.3) is 0 Å². The molecule has 2 heteroatoms. The molecular formula is C44H26O2. The Morgan fingerprint density at radius 1 is 0.239 bits per heavy atom. The largest absolute Gasteiger partial charge is 0.456 e. The Balaban J connectivity index is 1.21. The van der Waals surface area contributed by atoms with Gasteiger partial charge in [0.2, 0.25) is 0 Å². The van der Waals surface area contributed by atoms with E-state index in [1.165, 1.54) is 32.7 Å². The van der Waals surface area contributed by atoms with E-state index in [2.05, 4.69) is 133 Å². The molecule has 0 aliphatic carbocycles. The van der Waals surface area contributed by atoms with Gasteiger partial charge in [-0.3, -0.25) is 0 Å². The summed E-state index contributed by atoms with van der Waals surface area (Å²) in [7, 11) is 0. The zero-order valence-corrected chi connectivity index (χ0v) is 24.8. The number of para-hydroxylation sites is 2. The molecule has 0 unspecified atom stereocenters. The van der Waals surface area contributed by atoms with E-state index in [9.17, 15) is 0 Å². The second kappa shape index (κ2) is 9.69. The van der Waals surface area contributed by atoms with Crippen LogP contribution in [0.25, 0.3) is 98.8 Å². The molecule has 46 heavy (non-hydrogen) atoms. The summed E-state index contributed by atoms with van der Waals surface area (Å²) in [4.78, 5) is 0. The first kappa shape index (κ1) is 25.2. The van der Waals surface area contributed by atoms with Crippen LogP contribution in [0.15, 0.2) is 167 Å². The summed E-state index contributed by atoms with van der Waals surface area (Å²) in [5, 5.41) is 9.56. The molecule has 10 aromatic rings. The van der Waals surface area contributed by atoms with Crippen molar-refractivity contribution in [2.75, 3.05) is 0 Å². The third-order valence-electron chi connectivity index (χ3n) is 9.43. The van der Waals surface area contributed by atoms with Gasteiger partial charge in [0, 0.05) is 21.5 Å². The number of benzene rings is 8. The van der Waals surface area contributed by atoms with Gasteiger partial charge in [-0.2, -0.15) is 0 Å². The molecule has 0 radical (unpaired) electrons. The molecule has 0 saturated heterocycles. The molecule has 2 nitrogen and oxygen atoms in total. The summed E-state index contributed by atoms with van der Waals surface area (Å²) in [5.74, 6) is 0. The highest BCUT2D eigenvalue weighted by molar-refractivity contribution is 6.10. The van der Waals surface area contributed by atoms with Crippen LogP contribution in [-0.4, -0.2) is 0 Å². The van der Waals surface area contributed by atoms with E-state index < -0.39 is 0 Å². The van der Waals surface area contributed by atoms with Gasteiger partial charge >= 0.3 is 0 Å².